The van der Waals surface area contributed by atoms with Crippen molar-refractivity contribution in [3.05, 3.63) is 41.2 Å². The van der Waals surface area contributed by atoms with Crippen molar-refractivity contribution in [3.8, 4) is 0 Å². The summed E-state index contributed by atoms with van der Waals surface area (Å²) in [5, 5.41) is 9.11. The number of hydrogen-bond acceptors (Lipinski definition) is 4. The van der Waals surface area contributed by atoms with Crippen LogP contribution in [0.3, 0.4) is 0 Å². The predicted molar refractivity (Wildman–Crippen MR) is 79.5 cm³/mol. The van der Waals surface area contributed by atoms with Crippen LogP contribution < -0.4 is 5.84 Å². The van der Waals surface area contributed by atoms with Crippen molar-refractivity contribution in [1.29, 1.82) is 0 Å². The first-order valence-electron chi connectivity index (χ1n) is 6.59. The van der Waals surface area contributed by atoms with E-state index in [2.05, 4.69) is 48.3 Å². The van der Waals surface area contributed by atoms with E-state index >= 15 is 0 Å². The second kappa shape index (κ2) is 6.61. The molecule has 2 N–H and O–H groups in total. The summed E-state index contributed by atoms with van der Waals surface area (Å²) < 4.78 is 1.62. The first kappa shape index (κ1) is 13.9. The molecular formula is C14H20N4S. The lowest BCUT2D eigenvalue weighted by Crippen LogP contribution is -2.14. The van der Waals surface area contributed by atoms with Crippen LogP contribution in [0.1, 0.15) is 36.7 Å². The Morgan fingerprint density at radius 1 is 1.26 bits per heavy atom. The van der Waals surface area contributed by atoms with Gasteiger partial charge in [0, 0.05) is 12.2 Å². The third-order valence-corrected chi connectivity index (χ3v) is 4.10. The van der Waals surface area contributed by atoms with Crippen LogP contribution in [0.15, 0.2) is 29.4 Å². The van der Waals surface area contributed by atoms with Gasteiger partial charge in [-0.3, -0.25) is 0 Å². The van der Waals surface area contributed by atoms with Crippen LogP contribution in [0.2, 0.25) is 0 Å². The number of nitrogen functional groups attached to an aromatic ring is 1. The Morgan fingerprint density at radius 3 is 2.79 bits per heavy atom. The van der Waals surface area contributed by atoms with E-state index in [9.17, 15) is 0 Å². The van der Waals surface area contributed by atoms with Crippen LogP contribution in [-0.4, -0.2) is 14.9 Å². The van der Waals surface area contributed by atoms with Crippen molar-refractivity contribution in [2.75, 3.05) is 5.84 Å². The molecule has 2 rings (SSSR count). The summed E-state index contributed by atoms with van der Waals surface area (Å²) in [6.07, 6.45) is 3.13. The molecule has 0 aliphatic heterocycles. The molecule has 1 aromatic carbocycles. The Morgan fingerprint density at radius 2 is 2.05 bits per heavy atom. The number of aryl methyl sites for hydroxylation is 2. The van der Waals surface area contributed by atoms with E-state index in [0.29, 0.717) is 0 Å². The van der Waals surface area contributed by atoms with Gasteiger partial charge in [0.15, 0.2) is 5.82 Å². The molecule has 1 heterocycles. The molecule has 0 saturated carbocycles. The van der Waals surface area contributed by atoms with Gasteiger partial charge in [0.2, 0.25) is 5.16 Å². The third-order valence-electron chi connectivity index (χ3n) is 3.11. The molecule has 0 aliphatic rings. The Hall–Kier alpha value is -1.49. The average Bonchev–Trinajstić information content (AvgIpc) is 2.76. The fourth-order valence-electron chi connectivity index (χ4n) is 1.83. The molecule has 5 heteroatoms. The minimum absolute atomic E-state index is 0.786. The van der Waals surface area contributed by atoms with E-state index in [-0.39, 0.29) is 0 Å². The molecule has 19 heavy (non-hydrogen) atoms. The maximum absolute atomic E-state index is 6.02. The van der Waals surface area contributed by atoms with E-state index in [0.717, 1.165) is 36.0 Å². The van der Waals surface area contributed by atoms with Crippen LogP contribution in [0, 0.1) is 6.92 Å². The molecule has 1 aromatic heterocycles. The summed E-state index contributed by atoms with van der Waals surface area (Å²) >= 11 is 1.63. The van der Waals surface area contributed by atoms with Crippen LogP contribution in [0.4, 0.5) is 0 Å². The minimum atomic E-state index is 0.786. The third kappa shape index (κ3) is 3.50. The number of hydrogen-bond donors (Lipinski definition) is 1. The summed E-state index contributed by atoms with van der Waals surface area (Å²) in [7, 11) is 0. The molecule has 0 radical (unpaired) electrons. The molecule has 0 bridgehead atoms. The topological polar surface area (TPSA) is 56.7 Å². The van der Waals surface area contributed by atoms with Crippen LogP contribution >= 0.6 is 11.8 Å². The number of benzene rings is 1. The van der Waals surface area contributed by atoms with Crippen molar-refractivity contribution < 1.29 is 0 Å². The molecule has 0 saturated heterocycles. The zero-order valence-electron chi connectivity index (χ0n) is 11.5. The predicted octanol–water partition coefficient (Wildman–Crippen LogP) is 2.94. The average molecular weight is 276 g/mol. The number of thioether (sulfide) groups is 1. The molecule has 0 atom stereocenters. The fourth-order valence-corrected chi connectivity index (χ4v) is 2.78. The lowest BCUT2D eigenvalue weighted by molar-refractivity contribution is 0.712. The first-order chi connectivity index (χ1) is 9.22. The lowest BCUT2D eigenvalue weighted by Gasteiger charge is -2.05. The van der Waals surface area contributed by atoms with Gasteiger partial charge in [-0.2, -0.15) is 0 Å². The van der Waals surface area contributed by atoms with Gasteiger partial charge in [-0.05, 0) is 24.5 Å². The molecule has 102 valence electrons. The number of aromatic nitrogens is 3. The van der Waals surface area contributed by atoms with Crippen LogP contribution in [0.5, 0.6) is 0 Å². The number of rotatable bonds is 6. The van der Waals surface area contributed by atoms with Gasteiger partial charge in [-0.1, -0.05) is 49.4 Å². The normalized spacial score (nSPS) is 10.8. The monoisotopic (exact) mass is 276 g/mol. The Kier molecular flexibility index (Phi) is 4.85. The van der Waals surface area contributed by atoms with E-state index < -0.39 is 0 Å². The van der Waals surface area contributed by atoms with Crippen molar-refractivity contribution in [1.82, 2.24) is 14.9 Å². The van der Waals surface area contributed by atoms with Gasteiger partial charge in [0.1, 0.15) is 0 Å². The van der Waals surface area contributed by atoms with Gasteiger partial charge < -0.3 is 5.84 Å². The Labute approximate surface area is 118 Å². The smallest absolute Gasteiger partial charge is 0.210 e. The van der Waals surface area contributed by atoms with Crippen molar-refractivity contribution in [3.63, 3.8) is 0 Å². The van der Waals surface area contributed by atoms with Crippen LogP contribution in [0.25, 0.3) is 0 Å². The maximum Gasteiger partial charge on any atom is 0.210 e. The van der Waals surface area contributed by atoms with Gasteiger partial charge >= 0.3 is 0 Å². The first-order valence-corrected chi connectivity index (χ1v) is 7.57. The highest BCUT2D eigenvalue weighted by molar-refractivity contribution is 7.98. The molecule has 0 fully saturated rings. The van der Waals surface area contributed by atoms with E-state index in [4.69, 9.17) is 5.84 Å². The minimum Gasteiger partial charge on any atom is -0.336 e. The van der Waals surface area contributed by atoms with Gasteiger partial charge in [0.05, 0.1) is 0 Å². The Balaban J connectivity index is 2.00. The number of nitrogens with two attached hydrogens (primary N) is 1. The zero-order valence-corrected chi connectivity index (χ0v) is 12.3. The molecule has 0 aliphatic carbocycles. The summed E-state index contributed by atoms with van der Waals surface area (Å²) in [5.41, 5.74) is 2.61. The van der Waals surface area contributed by atoms with E-state index in [1.807, 2.05) is 0 Å². The molecule has 0 amide bonds. The summed E-state index contributed by atoms with van der Waals surface area (Å²) in [4.78, 5) is 0. The highest BCUT2D eigenvalue weighted by Gasteiger charge is 2.10. The molecule has 4 nitrogen and oxygen atoms in total. The molecule has 0 spiro atoms. The van der Waals surface area contributed by atoms with Crippen LogP contribution in [-0.2, 0) is 12.2 Å². The quantitative estimate of drug-likeness (QED) is 0.651. The second-order valence-corrected chi connectivity index (χ2v) is 5.53. The second-order valence-electron chi connectivity index (χ2n) is 4.59. The highest BCUT2D eigenvalue weighted by atomic mass is 32.2. The number of nitrogens with zero attached hydrogens (tertiary/aromatic N) is 3. The molecular weight excluding hydrogens is 256 g/mol. The van der Waals surface area contributed by atoms with Gasteiger partial charge in [-0.15, -0.1) is 10.2 Å². The lowest BCUT2D eigenvalue weighted by atomic mass is 10.1. The fraction of sp³-hybridized carbons (Fsp3) is 0.429. The summed E-state index contributed by atoms with van der Waals surface area (Å²) in [6, 6.07) is 8.37. The molecule has 0 unspecified atom stereocenters. The van der Waals surface area contributed by atoms with E-state index in [1.165, 1.54) is 11.1 Å². The summed E-state index contributed by atoms with van der Waals surface area (Å²) in [6.45, 7) is 4.28. The van der Waals surface area contributed by atoms with Gasteiger partial charge in [-0.25, -0.2) is 4.68 Å². The number of unbranched alkanes of at least 4 members (excludes halogenated alkanes) is 1. The standard InChI is InChI=1S/C14H20N4S/c1-3-4-9-13-16-17-14(18(13)15)19-10-12-8-6-5-7-11(12)2/h5-8H,3-4,9-10,15H2,1-2H3. The van der Waals surface area contributed by atoms with E-state index in [1.54, 1.807) is 16.4 Å². The van der Waals surface area contributed by atoms with Crippen molar-refractivity contribution in [2.45, 2.75) is 44.0 Å². The SMILES string of the molecule is CCCCc1nnc(SCc2ccccc2C)n1N. The highest BCUT2D eigenvalue weighted by Crippen LogP contribution is 2.22. The molecule has 2 aromatic rings. The van der Waals surface area contributed by atoms with Crippen molar-refractivity contribution >= 4 is 11.8 Å². The van der Waals surface area contributed by atoms with Gasteiger partial charge in [0.25, 0.3) is 0 Å². The van der Waals surface area contributed by atoms with Crippen molar-refractivity contribution in [2.24, 2.45) is 0 Å². The maximum atomic E-state index is 6.02. The zero-order chi connectivity index (χ0) is 13.7. The largest absolute Gasteiger partial charge is 0.336 e. The Bertz CT molecular complexity index is 536. The summed E-state index contributed by atoms with van der Waals surface area (Å²) in [5.74, 6) is 7.76.